The van der Waals surface area contributed by atoms with E-state index in [1.807, 2.05) is 31.2 Å². The number of rotatable bonds is 6. The van der Waals surface area contributed by atoms with Gasteiger partial charge >= 0.3 is 0 Å². The second kappa shape index (κ2) is 7.59. The molecule has 1 N–H and O–H groups in total. The second-order valence-electron chi connectivity index (χ2n) is 4.98. The van der Waals surface area contributed by atoms with Crippen LogP contribution in [0.15, 0.2) is 48.5 Å². The molecule has 2 aromatic rings. The molecule has 1 unspecified atom stereocenters. The van der Waals surface area contributed by atoms with E-state index >= 15 is 0 Å². The highest BCUT2D eigenvalue weighted by Crippen LogP contribution is 2.19. The maximum atomic E-state index is 13.6. The zero-order valence-corrected chi connectivity index (χ0v) is 12.8. The molecule has 116 valence electrons. The fourth-order valence-corrected chi connectivity index (χ4v) is 2.06. The van der Waals surface area contributed by atoms with Crippen molar-refractivity contribution in [3.8, 4) is 5.75 Å². The third-order valence-corrected chi connectivity index (χ3v) is 3.40. The molecule has 1 atom stereocenters. The second-order valence-corrected chi connectivity index (χ2v) is 4.98. The molecule has 0 saturated heterocycles. The summed E-state index contributed by atoms with van der Waals surface area (Å²) in [4.78, 5) is 12.3. The van der Waals surface area contributed by atoms with Crippen molar-refractivity contribution < 1.29 is 13.9 Å². The minimum absolute atomic E-state index is 0.0887. The van der Waals surface area contributed by atoms with Gasteiger partial charge in [0.2, 0.25) is 0 Å². The van der Waals surface area contributed by atoms with Crippen LogP contribution in [0.2, 0.25) is 0 Å². The molecule has 0 saturated carbocycles. The molecule has 4 heteroatoms. The van der Waals surface area contributed by atoms with Gasteiger partial charge in [-0.2, -0.15) is 0 Å². The molecule has 0 aliphatic rings. The lowest BCUT2D eigenvalue weighted by atomic mass is 10.1. The normalized spacial score (nSPS) is 11.8. The number of halogens is 1. The van der Waals surface area contributed by atoms with E-state index in [1.165, 1.54) is 17.7 Å². The van der Waals surface area contributed by atoms with E-state index in [2.05, 4.69) is 12.2 Å². The van der Waals surface area contributed by atoms with Crippen molar-refractivity contribution in [3.63, 3.8) is 0 Å². The summed E-state index contributed by atoms with van der Waals surface area (Å²) < 4.78 is 19.1. The van der Waals surface area contributed by atoms with Crippen molar-refractivity contribution in [3.05, 3.63) is 59.9 Å². The first-order valence-corrected chi connectivity index (χ1v) is 7.45. The third kappa shape index (κ3) is 4.07. The summed E-state index contributed by atoms with van der Waals surface area (Å²) in [5.74, 6) is -0.665. The number of aryl methyl sites for hydroxylation is 1. The Morgan fingerprint density at radius 2 is 1.82 bits per heavy atom. The van der Waals surface area contributed by atoms with Crippen molar-refractivity contribution >= 4 is 11.6 Å². The van der Waals surface area contributed by atoms with Gasteiger partial charge < -0.3 is 10.1 Å². The zero-order valence-electron chi connectivity index (χ0n) is 12.8. The maximum Gasteiger partial charge on any atom is 0.265 e. The number of hydrogen-bond donors (Lipinski definition) is 1. The van der Waals surface area contributed by atoms with Crippen molar-refractivity contribution in [2.45, 2.75) is 32.8 Å². The van der Waals surface area contributed by atoms with Crippen LogP contribution in [0.1, 0.15) is 25.8 Å². The predicted molar refractivity (Wildman–Crippen MR) is 85.6 cm³/mol. The molecule has 3 nitrogen and oxygen atoms in total. The third-order valence-electron chi connectivity index (χ3n) is 3.40. The minimum Gasteiger partial charge on any atom is -0.478 e. The lowest BCUT2D eigenvalue weighted by molar-refractivity contribution is -0.122. The number of hydrogen-bond acceptors (Lipinski definition) is 2. The molecule has 0 aromatic heterocycles. The molecular formula is C18H20FNO2. The average molecular weight is 301 g/mol. The molecule has 0 aliphatic carbocycles. The van der Waals surface area contributed by atoms with E-state index in [0.717, 1.165) is 6.42 Å². The Balaban J connectivity index is 2.03. The van der Waals surface area contributed by atoms with E-state index in [1.54, 1.807) is 12.1 Å². The molecule has 0 spiro atoms. The van der Waals surface area contributed by atoms with Crippen molar-refractivity contribution in [2.24, 2.45) is 0 Å². The molecule has 2 rings (SSSR count). The van der Waals surface area contributed by atoms with Gasteiger partial charge in [-0.15, -0.1) is 0 Å². The lowest BCUT2D eigenvalue weighted by Crippen LogP contribution is -2.32. The Kier molecular flexibility index (Phi) is 5.53. The quantitative estimate of drug-likeness (QED) is 0.869. The Labute approximate surface area is 130 Å². The average Bonchev–Trinajstić information content (AvgIpc) is 2.54. The molecule has 0 fully saturated rings. The Morgan fingerprint density at radius 3 is 2.41 bits per heavy atom. The molecule has 1 amide bonds. The van der Waals surface area contributed by atoms with Crippen LogP contribution in [0.25, 0.3) is 0 Å². The van der Waals surface area contributed by atoms with Gasteiger partial charge in [-0.25, -0.2) is 4.39 Å². The van der Waals surface area contributed by atoms with Crippen LogP contribution in [0.3, 0.4) is 0 Å². The van der Waals surface area contributed by atoms with Gasteiger partial charge in [0.25, 0.3) is 5.91 Å². The van der Waals surface area contributed by atoms with Crippen LogP contribution < -0.4 is 10.1 Å². The monoisotopic (exact) mass is 301 g/mol. The van der Waals surface area contributed by atoms with Crippen molar-refractivity contribution in [1.29, 1.82) is 0 Å². The van der Waals surface area contributed by atoms with Gasteiger partial charge in [0.05, 0.1) is 0 Å². The summed E-state index contributed by atoms with van der Waals surface area (Å²) in [5.41, 5.74) is 1.91. The minimum atomic E-state index is -0.734. The lowest BCUT2D eigenvalue weighted by Gasteiger charge is -2.17. The predicted octanol–water partition coefficient (Wildman–Crippen LogP) is 4.18. The van der Waals surface area contributed by atoms with Gasteiger partial charge in [-0.05, 0) is 42.7 Å². The number of anilines is 1. The number of carbonyl (C=O) groups excluding carboxylic acids is 1. The van der Waals surface area contributed by atoms with E-state index in [0.29, 0.717) is 12.1 Å². The van der Waals surface area contributed by atoms with Crippen LogP contribution in [0, 0.1) is 5.82 Å². The zero-order chi connectivity index (χ0) is 15.9. The fourth-order valence-electron chi connectivity index (χ4n) is 2.06. The number of ether oxygens (including phenoxy) is 1. The van der Waals surface area contributed by atoms with Crippen LogP contribution in [-0.4, -0.2) is 12.0 Å². The van der Waals surface area contributed by atoms with Gasteiger partial charge in [0.1, 0.15) is 0 Å². The Bertz CT molecular complexity index is 625. The first kappa shape index (κ1) is 16.0. The summed E-state index contributed by atoms with van der Waals surface area (Å²) in [6.45, 7) is 3.90. The summed E-state index contributed by atoms with van der Waals surface area (Å²) in [6, 6.07) is 13.7. The highest BCUT2D eigenvalue weighted by Gasteiger charge is 2.19. The Morgan fingerprint density at radius 1 is 1.14 bits per heavy atom. The topological polar surface area (TPSA) is 38.3 Å². The van der Waals surface area contributed by atoms with E-state index < -0.39 is 11.9 Å². The molecule has 22 heavy (non-hydrogen) atoms. The number of nitrogens with one attached hydrogen (secondary N) is 1. The SMILES string of the molecule is CCc1ccc(NC(=O)C(CC)Oc2ccccc2F)cc1. The molecule has 0 heterocycles. The summed E-state index contributed by atoms with van der Waals surface area (Å²) in [5, 5.41) is 2.80. The van der Waals surface area contributed by atoms with Crippen LogP contribution in [-0.2, 0) is 11.2 Å². The standard InChI is InChI=1S/C18H20FNO2/c1-3-13-9-11-14(12-10-13)20-18(21)16(4-2)22-17-8-6-5-7-15(17)19/h5-12,16H,3-4H2,1-2H3,(H,20,21). The number of benzene rings is 2. The molecule has 0 aliphatic heterocycles. The Hall–Kier alpha value is -2.36. The van der Waals surface area contributed by atoms with E-state index in [-0.39, 0.29) is 11.7 Å². The smallest absolute Gasteiger partial charge is 0.265 e. The summed E-state index contributed by atoms with van der Waals surface area (Å²) in [7, 11) is 0. The first-order chi connectivity index (χ1) is 10.6. The number of carbonyl (C=O) groups is 1. The van der Waals surface area contributed by atoms with Gasteiger partial charge in [0.15, 0.2) is 17.7 Å². The molecule has 0 bridgehead atoms. The fraction of sp³-hybridized carbons (Fsp3) is 0.278. The first-order valence-electron chi connectivity index (χ1n) is 7.45. The van der Waals surface area contributed by atoms with Gasteiger partial charge in [0, 0.05) is 5.69 Å². The van der Waals surface area contributed by atoms with E-state index in [9.17, 15) is 9.18 Å². The number of para-hydroxylation sites is 1. The largest absolute Gasteiger partial charge is 0.478 e. The van der Waals surface area contributed by atoms with Crippen LogP contribution in [0.4, 0.5) is 10.1 Å². The van der Waals surface area contributed by atoms with Gasteiger partial charge in [-0.3, -0.25) is 4.79 Å². The highest BCUT2D eigenvalue weighted by molar-refractivity contribution is 5.94. The highest BCUT2D eigenvalue weighted by atomic mass is 19.1. The van der Waals surface area contributed by atoms with Crippen molar-refractivity contribution in [1.82, 2.24) is 0 Å². The molecule has 0 radical (unpaired) electrons. The summed E-state index contributed by atoms with van der Waals surface area (Å²) in [6.07, 6.45) is 0.665. The maximum absolute atomic E-state index is 13.6. The van der Waals surface area contributed by atoms with Gasteiger partial charge in [-0.1, -0.05) is 38.1 Å². The van der Waals surface area contributed by atoms with Crippen molar-refractivity contribution in [2.75, 3.05) is 5.32 Å². The van der Waals surface area contributed by atoms with Crippen LogP contribution >= 0.6 is 0 Å². The number of amides is 1. The van der Waals surface area contributed by atoms with Crippen LogP contribution in [0.5, 0.6) is 5.75 Å². The molecule has 2 aromatic carbocycles. The molecular weight excluding hydrogens is 281 g/mol. The summed E-state index contributed by atoms with van der Waals surface area (Å²) >= 11 is 0. The van der Waals surface area contributed by atoms with E-state index in [4.69, 9.17) is 4.74 Å².